The summed E-state index contributed by atoms with van der Waals surface area (Å²) < 4.78 is 0. The number of allylic oxidation sites excluding steroid dienone is 2. The van der Waals surface area contributed by atoms with Crippen molar-refractivity contribution in [3.8, 4) is 0 Å². The third-order valence-electron chi connectivity index (χ3n) is 7.04. The molecule has 0 radical (unpaired) electrons. The van der Waals surface area contributed by atoms with Gasteiger partial charge in [0.2, 0.25) is 0 Å². The van der Waals surface area contributed by atoms with E-state index in [1.807, 2.05) is 0 Å². The Morgan fingerprint density at radius 3 is 0.765 bits per heavy atom. The van der Waals surface area contributed by atoms with E-state index < -0.39 is 0 Å². The zero-order valence-corrected chi connectivity index (χ0v) is 24.8. The fourth-order valence-corrected chi connectivity index (χ4v) is 4.50. The third kappa shape index (κ3) is 33.7. The van der Waals surface area contributed by atoms with E-state index in [-0.39, 0.29) is 0 Å². The van der Waals surface area contributed by atoms with Gasteiger partial charge in [0.25, 0.3) is 0 Å². The van der Waals surface area contributed by atoms with Crippen LogP contribution in [0.2, 0.25) is 0 Å². The molecule has 0 N–H and O–H groups in total. The van der Waals surface area contributed by atoms with Crippen LogP contribution in [-0.4, -0.2) is 0 Å². The van der Waals surface area contributed by atoms with Crippen LogP contribution in [0.1, 0.15) is 195 Å². The van der Waals surface area contributed by atoms with Crippen molar-refractivity contribution in [3.63, 3.8) is 0 Å². The summed E-state index contributed by atoms with van der Waals surface area (Å²) in [6.07, 6.45) is 35.9. The molecule has 0 aliphatic carbocycles. The smallest absolute Gasteiger partial charge is 0.0323 e. The summed E-state index contributed by atoms with van der Waals surface area (Å²) in [6.45, 7) is 17.5. The summed E-state index contributed by atoms with van der Waals surface area (Å²) in [7, 11) is 0. The number of hydrogen-bond acceptors (Lipinski definition) is 0. The van der Waals surface area contributed by atoms with Gasteiger partial charge in [-0.25, -0.2) is 0 Å². The first-order chi connectivity index (χ1) is 16.6. The maximum Gasteiger partial charge on any atom is -0.0323 e. The molecule has 204 valence electrons. The highest BCUT2D eigenvalue weighted by Crippen LogP contribution is 2.17. The van der Waals surface area contributed by atoms with E-state index in [9.17, 15) is 0 Å². The molecule has 0 heteroatoms. The number of hydrogen-bond donors (Lipinski definition) is 0. The van der Waals surface area contributed by atoms with Gasteiger partial charge >= 0.3 is 0 Å². The van der Waals surface area contributed by atoms with Crippen molar-refractivity contribution in [1.82, 2.24) is 0 Å². The Hall–Kier alpha value is -0.520. The summed E-state index contributed by atoms with van der Waals surface area (Å²) in [5.41, 5.74) is 2.98. The second-order valence-electron chi connectivity index (χ2n) is 10.9. The fourth-order valence-electron chi connectivity index (χ4n) is 4.50. The second kappa shape index (κ2) is 32.5. The van der Waals surface area contributed by atoms with E-state index in [2.05, 4.69) is 40.9 Å². The zero-order chi connectivity index (χ0) is 25.5. The van der Waals surface area contributed by atoms with Crippen LogP contribution in [-0.2, 0) is 0 Å². The Morgan fingerprint density at radius 2 is 0.500 bits per heavy atom. The SMILES string of the molecule is C=C(CCCC)CCCCCCCC.C=C(CCCCCCCC)CCCCCCCCCC. The summed E-state index contributed by atoms with van der Waals surface area (Å²) in [5.74, 6) is 0. The minimum absolute atomic E-state index is 1.26. The van der Waals surface area contributed by atoms with Crippen LogP contribution in [0.25, 0.3) is 0 Å². The standard InChI is InChI=1S/C20H40.C14H28/c1-4-6-8-10-12-13-15-17-19-20(3)18-16-14-11-9-7-5-2;1-4-6-8-9-10-11-13-14(3)12-7-5-2/h3-19H2,1-2H3;3-13H2,1-2H3. The van der Waals surface area contributed by atoms with Gasteiger partial charge in [-0.05, 0) is 51.4 Å². The van der Waals surface area contributed by atoms with Crippen LogP contribution in [0.15, 0.2) is 24.3 Å². The van der Waals surface area contributed by atoms with E-state index in [4.69, 9.17) is 0 Å². The Bertz CT molecular complexity index is 391. The van der Waals surface area contributed by atoms with Crippen molar-refractivity contribution in [3.05, 3.63) is 24.3 Å². The lowest BCUT2D eigenvalue weighted by Gasteiger charge is -2.06. The Kier molecular flexibility index (Phi) is 34.0. The molecule has 0 atom stereocenters. The third-order valence-corrected chi connectivity index (χ3v) is 7.04. The molecule has 0 aliphatic rings. The molecule has 0 saturated heterocycles. The lowest BCUT2D eigenvalue weighted by atomic mass is 10.0. The van der Waals surface area contributed by atoms with Crippen LogP contribution < -0.4 is 0 Å². The summed E-state index contributed by atoms with van der Waals surface area (Å²) >= 11 is 0. The van der Waals surface area contributed by atoms with Crippen LogP contribution in [0.5, 0.6) is 0 Å². The van der Waals surface area contributed by atoms with Crippen LogP contribution >= 0.6 is 0 Å². The van der Waals surface area contributed by atoms with Crippen LogP contribution in [0.4, 0.5) is 0 Å². The number of unbranched alkanes of at least 4 members (excludes halogenated alkanes) is 18. The molecule has 0 aromatic rings. The Balaban J connectivity index is 0. The monoisotopic (exact) mass is 477 g/mol. The predicted octanol–water partition coefficient (Wildman–Crippen LogP) is 13.3. The normalized spacial score (nSPS) is 10.7. The molecule has 0 amide bonds. The second-order valence-corrected chi connectivity index (χ2v) is 10.9. The molecule has 0 fully saturated rings. The zero-order valence-electron chi connectivity index (χ0n) is 24.8. The molecule has 0 bridgehead atoms. The molecule has 0 nitrogen and oxygen atoms in total. The van der Waals surface area contributed by atoms with Crippen LogP contribution in [0.3, 0.4) is 0 Å². The summed E-state index contributed by atoms with van der Waals surface area (Å²) in [4.78, 5) is 0. The predicted molar refractivity (Wildman–Crippen MR) is 161 cm³/mol. The van der Waals surface area contributed by atoms with Gasteiger partial charge in [-0.3, -0.25) is 0 Å². The first kappa shape index (κ1) is 35.6. The van der Waals surface area contributed by atoms with Crippen molar-refractivity contribution in [2.24, 2.45) is 0 Å². The minimum Gasteiger partial charge on any atom is -0.0999 e. The number of rotatable bonds is 26. The molecule has 0 spiro atoms. The molecule has 0 aliphatic heterocycles. The van der Waals surface area contributed by atoms with Crippen LogP contribution in [0, 0.1) is 0 Å². The van der Waals surface area contributed by atoms with Crippen molar-refractivity contribution < 1.29 is 0 Å². The van der Waals surface area contributed by atoms with Gasteiger partial charge in [-0.15, -0.1) is 0 Å². The van der Waals surface area contributed by atoms with E-state index in [0.29, 0.717) is 0 Å². The fraction of sp³-hybridized carbons (Fsp3) is 0.882. The minimum atomic E-state index is 1.26. The van der Waals surface area contributed by atoms with Crippen molar-refractivity contribution in [2.45, 2.75) is 195 Å². The van der Waals surface area contributed by atoms with Crippen molar-refractivity contribution in [2.75, 3.05) is 0 Å². The van der Waals surface area contributed by atoms with Gasteiger partial charge in [0.15, 0.2) is 0 Å². The Labute approximate surface area is 218 Å². The van der Waals surface area contributed by atoms with Gasteiger partial charge in [0.05, 0.1) is 0 Å². The quantitative estimate of drug-likeness (QED) is 0.0859. The average molecular weight is 477 g/mol. The van der Waals surface area contributed by atoms with Gasteiger partial charge in [0.1, 0.15) is 0 Å². The lowest BCUT2D eigenvalue weighted by molar-refractivity contribution is 0.567. The van der Waals surface area contributed by atoms with Gasteiger partial charge in [-0.2, -0.15) is 0 Å². The molecule has 0 saturated carbocycles. The molecule has 0 rings (SSSR count). The average Bonchev–Trinajstić information content (AvgIpc) is 2.84. The van der Waals surface area contributed by atoms with Crippen molar-refractivity contribution in [1.29, 1.82) is 0 Å². The maximum atomic E-state index is 4.25. The van der Waals surface area contributed by atoms with Gasteiger partial charge in [0, 0.05) is 0 Å². The summed E-state index contributed by atoms with van der Waals surface area (Å²) in [5, 5.41) is 0. The lowest BCUT2D eigenvalue weighted by Crippen LogP contribution is -1.86. The van der Waals surface area contributed by atoms with E-state index >= 15 is 0 Å². The summed E-state index contributed by atoms with van der Waals surface area (Å²) in [6, 6.07) is 0. The Morgan fingerprint density at radius 1 is 0.294 bits per heavy atom. The largest absolute Gasteiger partial charge is 0.0999 e. The first-order valence-corrected chi connectivity index (χ1v) is 15.9. The molecule has 0 unspecified atom stereocenters. The highest BCUT2D eigenvalue weighted by atomic mass is 14.0. The molecule has 0 aromatic carbocycles. The molecule has 0 heterocycles. The van der Waals surface area contributed by atoms with E-state index in [1.54, 1.807) is 0 Å². The molecule has 34 heavy (non-hydrogen) atoms. The highest BCUT2D eigenvalue weighted by Gasteiger charge is 1.97. The topological polar surface area (TPSA) is 0 Å². The van der Waals surface area contributed by atoms with Gasteiger partial charge in [-0.1, -0.05) is 168 Å². The van der Waals surface area contributed by atoms with E-state index in [1.165, 1.54) is 178 Å². The molecular weight excluding hydrogens is 408 g/mol. The molecule has 0 aromatic heterocycles. The first-order valence-electron chi connectivity index (χ1n) is 15.9. The van der Waals surface area contributed by atoms with Gasteiger partial charge < -0.3 is 0 Å². The molecular formula is C34H68. The highest BCUT2D eigenvalue weighted by molar-refractivity contribution is 4.93. The van der Waals surface area contributed by atoms with Crippen molar-refractivity contribution >= 4 is 0 Å². The maximum absolute atomic E-state index is 4.25. The van der Waals surface area contributed by atoms with E-state index in [0.717, 1.165) is 0 Å².